The van der Waals surface area contributed by atoms with Crippen molar-refractivity contribution < 1.29 is 14.6 Å². The number of carbonyl (C=O) groups excluding carboxylic acids is 1. The lowest BCUT2D eigenvalue weighted by molar-refractivity contribution is 0.0952. The average Bonchev–Trinajstić information content (AvgIpc) is 3.04. The number of nitrogens with zero attached hydrogens (tertiary/aromatic N) is 1. The van der Waals surface area contributed by atoms with Crippen LogP contribution in [0.15, 0.2) is 52.0 Å². The van der Waals surface area contributed by atoms with Crippen LogP contribution < -0.4 is 10.2 Å². The van der Waals surface area contributed by atoms with Gasteiger partial charge in [-0.2, -0.15) is 5.10 Å². The number of methoxy groups -OCH3 is 1. The van der Waals surface area contributed by atoms with E-state index in [1.165, 1.54) is 12.1 Å². The van der Waals surface area contributed by atoms with E-state index < -0.39 is 5.91 Å². The number of amides is 1. The third-order valence-corrected chi connectivity index (χ3v) is 4.24. The van der Waals surface area contributed by atoms with Gasteiger partial charge in [0.15, 0.2) is 0 Å². The fourth-order valence-corrected chi connectivity index (χ4v) is 2.74. The molecule has 0 bridgehead atoms. The second kappa shape index (κ2) is 6.98. The molecule has 0 fully saturated rings. The molecule has 0 spiro atoms. The van der Waals surface area contributed by atoms with Gasteiger partial charge in [0.2, 0.25) is 0 Å². The number of nitrogens with one attached hydrogen (secondary N) is 2. The molecule has 3 rings (SSSR count). The molecule has 0 radical (unpaired) electrons. The lowest BCUT2D eigenvalue weighted by Crippen LogP contribution is -2.19. The highest BCUT2D eigenvalue weighted by Gasteiger charge is 2.12. The quantitative estimate of drug-likeness (QED) is 0.458. The van der Waals surface area contributed by atoms with E-state index in [1.807, 2.05) is 24.3 Å². The molecular formula is C18H16BrN3O3. The molecule has 7 heteroatoms. The minimum Gasteiger partial charge on any atom is -0.507 e. The molecule has 0 aliphatic heterocycles. The Bertz CT molecular complexity index is 979. The first-order chi connectivity index (χ1) is 12.0. The van der Waals surface area contributed by atoms with Gasteiger partial charge in [-0.05, 0) is 49.4 Å². The van der Waals surface area contributed by atoms with Crippen molar-refractivity contribution in [1.82, 2.24) is 10.4 Å². The third kappa shape index (κ3) is 3.66. The summed E-state index contributed by atoms with van der Waals surface area (Å²) in [5.41, 5.74) is 4.94. The minimum atomic E-state index is -0.490. The lowest BCUT2D eigenvalue weighted by atomic mass is 10.2. The van der Waals surface area contributed by atoms with Crippen molar-refractivity contribution in [3.05, 3.63) is 58.2 Å². The number of aromatic hydroxyl groups is 1. The van der Waals surface area contributed by atoms with Crippen LogP contribution >= 0.6 is 15.9 Å². The normalized spacial score (nSPS) is 11.6. The number of hydrogen-bond acceptors (Lipinski definition) is 4. The molecule has 6 nitrogen and oxygen atoms in total. The van der Waals surface area contributed by atoms with Crippen LogP contribution in [0.3, 0.4) is 0 Å². The SMILES string of the molecule is COc1ccc2[nH]c(C(C)=NNC(=O)c3cc(Br)ccc3O)cc2c1. The van der Waals surface area contributed by atoms with E-state index in [0.29, 0.717) is 10.2 Å². The smallest absolute Gasteiger partial charge is 0.275 e. The Labute approximate surface area is 152 Å². The van der Waals surface area contributed by atoms with Crippen molar-refractivity contribution in [1.29, 1.82) is 0 Å². The summed E-state index contributed by atoms with van der Waals surface area (Å²) in [6, 6.07) is 12.3. The van der Waals surface area contributed by atoms with Gasteiger partial charge in [0.25, 0.3) is 5.91 Å². The maximum atomic E-state index is 12.2. The van der Waals surface area contributed by atoms with E-state index in [0.717, 1.165) is 22.3 Å². The molecular weight excluding hydrogens is 386 g/mol. The fraction of sp³-hybridized carbons (Fsp3) is 0.111. The summed E-state index contributed by atoms with van der Waals surface area (Å²) >= 11 is 3.27. The Balaban J connectivity index is 1.81. The van der Waals surface area contributed by atoms with E-state index in [2.05, 4.69) is 31.4 Å². The number of H-pyrrole nitrogens is 1. The number of fused-ring (bicyclic) bond motifs is 1. The second-order valence-electron chi connectivity index (χ2n) is 5.44. The van der Waals surface area contributed by atoms with Gasteiger partial charge in [-0.1, -0.05) is 15.9 Å². The standard InChI is InChI=1S/C18H16BrN3O3/c1-10(16-8-11-7-13(25-2)4-5-15(11)20-16)21-22-18(24)14-9-12(19)3-6-17(14)23/h3-9,20,23H,1-2H3,(H,22,24). The molecule has 2 aromatic carbocycles. The molecule has 0 saturated carbocycles. The molecule has 25 heavy (non-hydrogen) atoms. The van der Waals surface area contributed by atoms with E-state index >= 15 is 0 Å². The first kappa shape index (κ1) is 17.0. The first-order valence-corrected chi connectivity index (χ1v) is 8.27. The Morgan fingerprint density at radius 3 is 2.80 bits per heavy atom. The van der Waals surface area contributed by atoms with Gasteiger partial charge >= 0.3 is 0 Å². The summed E-state index contributed by atoms with van der Waals surface area (Å²) in [4.78, 5) is 15.4. The van der Waals surface area contributed by atoms with Crippen LogP contribution in [0.25, 0.3) is 10.9 Å². The number of carbonyl (C=O) groups is 1. The molecule has 0 aliphatic rings. The van der Waals surface area contributed by atoms with E-state index in [-0.39, 0.29) is 11.3 Å². The highest BCUT2D eigenvalue weighted by Crippen LogP contribution is 2.23. The molecule has 0 unspecified atom stereocenters. The number of hydrogen-bond donors (Lipinski definition) is 3. The monoisotopic (exact) mass is 401 g/mol. The minimum absolute atomic E-state index is 0.105. The summed E-state index contributed by atoms with van der Waals surface area (Å²) in [5, 5.41) is 14.9. The molecule has 0 saturated heterocycles. The number of rotatable bonds is 4. The van der Waals surface area contributed by atoms with Crippen molar-refractivity contribution in [2.24, 2.45) is 5.10 Å². The number of aromatic nitrogens is 1. The van der Waals surface area contributed by atoms with Crippen LogP contribution in [0, 0.1) is 0 Å². The molecule has 3 aromatic rings. The largest absolute Gasteiger partial charge is 0.507 e. The van der Waals surface area contributed by atoms with Crippen LogP contribution in [-0.2, 0) is 0 Å². The number of phenols is 1. The number of phenolic OH excluding ortho intramolecular Hbond substituents is 1. The van der Waals surface area contributed by atoms with E-state index in [1.54, 1.807) is 20.1 Å². The zero-order valence-electron chi connectivity index (χ0n) is 13.6. The third-order valence-electron chi connectivity index (χ3n) is 3.75. The van der Waals surface area contributed by atoms with Crippen LogP contribution in [0.2, 0.25) is 0 Å². The van der Waals surface area contributed by atoms with Crippen LogP contribution in [0.5, 0.6) is 11.5 Å². The predicted octanol–water partition coefficient (Wildman–Crippen LogP) is 3.80. The Morgan fingerprint density at radius 1 is 1.24 bits per heavy atom. The summed E-state index contributed by atoms with van der Waals surface area (Å²) in [5.74, 6) is 0.174. The fourth-order valence-electron chi connectivity index (χ4n) is 2.38. The summed E-state index contributed by atoms with van der Waals surface area (Å²) in [6.45, 7) is 1.78. The van der Waals surface area contributed by atoms with Crippen LogP contribution in [0.4, 0.5) is 0 Å². The first-order valence-electron chi connectivity index (χ1n) is 7.48. The van der Waals surface area contributed by atoms with Crippen molar-refractivity contribution in [3.8, 4) is 11.5 Å². The second-order valence-corrected chi connectivity index (χ2v) is 6.35. The molecule has 0 atom stereocenters. The zero-order chi connectivity index (χ0) is 18.0. The van der Waals surface area contributed by atoms with E-state index in [4.69, 9.17) is 4.74 Å². The summed E-state index contributed by atoms with van der Waals surface area (Å²) in [7, 11) is 1.62. The van der Waals surface area contributed by atoms with E-state index in [9.17, 15) is 9.90 Å². The number of halogens is 1. The molecule has 3 N–H and O–H groups in total. The van der Waals surface area contributed by atoms with Crippen molar-refractivity contribution in [2.75, 3.05) is 7.11 Å². The van der Waals surface area contributed by atoms with Crippen LogP contribution in [-0.4, -0.2) is 28.8 Å². The Morgan fingerprint density at radius 2 is 2.04 bits per heavy atom. The summed E-state index contributed by atoms with van der Waals surface area (Å²) < 4.78 is 5.91. The van der Waals surface area contributed by atoms with Gasteiger partial charge in [-0.25, -0.2) is 5.43 Å². The lowest BCUT2D eigenvalue weighted by Gasteiger charge is -2.04. The predicted molar refractivity (Wildman–Crippen MR) is 100 cm³/mol. The molecule has 0 aliphatic carbocycles. The van der Waals surface area contributed by atoms with Crippen LogP contribution in [0.1, 0.15) is 23.0 Å². The maximum Gasteiger partial charge on any atom is 0.275 e. The molecule has 128 valence electrons. The Kier molecular flexibility index (Phi) is 4.76. The number of aromatic amines is 1. The highest BCUT2D eigenvalue weighted by molar-refractivity contribution is 9.10. The van der Waals surface area contributed by atoms with Gasteiger partial charge in [0.1, 0.15) is 11.5 Å². The molecule has 1 aromatic heterocycles. The number of benzene rings is 2. The topological polar surface area (TPSA) is 86.7 Å². The molecule has 1 amide bonds. The summed E-state index contributed by atoms with van der Waals surface area (Å²) in [6.07, 6.45) is 0. The number of ether oxygens (including phenoxy) is 1. The average molecular weight is 402 g/mol. The van der Waals surface area contributed by atoms with Gasteiger partial charge in [-0.15, -0.1) is 0 Å². The van der Waals surface area contributed by atoms with Gasteiger partial charge in [0, 0.05) is 15.4 Å². The van der Waals surface area contributed by atoms with Gasteiger partial charge < -0.3 is 14.8 Å². The van der Waals surface area contributed by atoms with Crippen molar-refractivity contribution in [3.63, 3.8) is 0 Å². The van der Waals surface area contributed by atoms with Gasteiger partial charge in [-0.3, -0.25) is 4.79 Å². The van der Waals surface area contributed by atoms with Gasteiger partial charge in [0.05, 0.1) is 24.1 Å². The van der Waals surface area contributed by atoms with Crippen molar-refractivity contribution >= 4 is 38.5 Å². The number of hydrazone groups is 1. The highest BCUT2D eigenvalue weighted by atomic mass is 79.9. The zero-order valence-corrected chi connectivity index (χ0v) is 15.2. The maximum absolute atomic E-state index is 12.2. The Hall–Kier alpha value is -2.80. The van der Waals surface area contributed by atoms with Crippen molar-refractivity contribution in [2.45, 2.75) is 6.92 Å². The molecule has 1 heterocycles.